The molecule has 3 rings (SSSR count). The fourth-order valence-electron chi connectivity index (χ4n) is 2.21. The maximum absolute atomic E-state index is 13.6. The molecule has 98 valence electrons. The van der Waals surface area contributed by atoms with Crippen molar-refractivity contribution in [1.29, 1.82) is 0 Å². The number of hydrazine groups is 1. The van der Waals surface area contributed by atoms with Crippen LogP contribution in [0.3, 0.4) is 0 Å². The van der Waals surface area contributed by atoms with Crippen LogP contribution in [0.4, 0.5) is 4.39 Å². The molecule has 1 aromatic carbocycles. The second kappa shape index (κ2) is 4.53. The third-order valence-electron chi connectivity index (χ3n) is 3.18. The summed E-state index contributed by atoms with van der Waals surface area (Å²) < 4.78 is 24.5. The Kier molecular flexibility index (Phi) is 2.85. The summed E-state index contributed by atoms with van der Waals surface area (Å²) in [6.45, 7) is 1.84. The van der Waals surface area contributed by atoms with E-state index in [1.54, 1.807) is 24.5 Å². The van der Waals surface area contributed by atoms with Crippen molar-refractivity contribution < 1.29 is 13.2 Å². The number of hydrogen-bond acceptors (Lipinski definition) is 4. The van der Waals surface area contributed by atoms with Gasteiger partial charge in [0.1, 0.15) is 17.6 Å². The molecule has 2 aromatic heterocycles. The average Bonchev–Trinajstić information content (AvgIpc) is 2.99. The van der Waals surface area contributed by atoms with Crippen molar-refractivity contribution in [1.82, 2.24) is 5.43 Å². The van der Waals surface area contributed by atoms with Gasteiger partial charge in [-0.05, 0) is 25.1 Å². The molecule has 0 spiro atoms. The van der Waals surface area contributed by atoms with Crippen LogP contribution in [0.25, 0.3) is 11.0 Å². The first-order chi connectivity index (χ1) is 9.20. The Hall–Kier alpha value is -2.11. The molecule has 1 unspecified atom stereocenters. The molecule has 2 heterocycles. The number of nitrogens with two attached hydrogens (primary N) is 1. The van der Waals surface area contributed by atoms with Crippen LogP contribution in [0.15, 0.2) is 45.4 Å². The van der Waals surface area contributed by atoms with Crippen molar-refractivity contribution in [3.63, 3.8) is 0 Å². The van der Waals surface area contributed by atoms with E-state index in [0.29, 0.717) is 11.1 Å². The van der Waals surface area contributed by atoms with Gasteiger partial charge in [0.05, 0.1) is 6.26 Å². The summed E-state index contributed by atoms with van der Waals surface area (Å²) in [6, 6.07) is 8.01. The van der Waals surface area contributed by atoms with Gasteiger partial charge in [0, 0.05) is 10.9 Å². The lowest BCUT2D eigenvalue weighted by Gasteiger charge is -2.11. The SMILES string of the molecule is Cc1occc1C(NN)c1cc2cccc(F)c2o1. The number of nitrogens with one attached hydrogen (secondary N) is 1. The molecule has 4 nitrogen and oxygen atoms in total. The first-order valence-electron chi connectivity index (χ1n) is 5.89. The Balaban J connectivity index is 2.12. The number of hydrogen-bond donors (Lipinski definition) is 2. The summed E-state index contributed by atoms with van der Waals surface area (Å²) in [6.07, 6.45) is 1.58. The van der Waals surface area contributed by atoms with E-state index in [0.717, 1.165) is 11.3 Å². The van der Waals surface area contributed by atoms with E-state index < -0.39 is 0 Å². The monoisotopic (exact) mass is 260 g/mol. The van der Waals surface area contributed by atoms with E-state index in [2.05, 4.69) is 5.43 Å². The number of halogens is 1. The van der Waals surface area contributed by atoms with Crippen LogP contribution < -0.4 is 11.3 Å². The standard InChI is InChI=1S/C14H13FN2O2/c1-8-10(5-6-18-8)13(17-16)12-7-9-3-2-4-11(15)14(9)19-12/h2-7,13,17H,16H2,1H3. The molecule has 19 heavy (non-hydrogen) atoms. The molecule has 0 aliphatic rings. The maximum atomic E-state index is 13.6. The van der Waals surface area contributed by atoms with Gasteiger partial charge in [-0.15, -0.1) is 0 Å². The van der Waals surface area contributed by atoms with Crippen LogP contribution in [0.5, 0.6) is 0 Å². The number of para-hydroxylation sites is 1. The summed E-state index contributed by atoms with van der Waals surface area (Å²) in [4.78, 5) is 0. The zero-order valence-corrected chi connectivity index (χ0v) is 10.3. The van der Waals surface area contributed by atoms with Gasteiger partial charge in [-0.1, -0.05) is 12.1 Å². The predicted octanol–water partition coefficient (Wildman–Crippen LogP) is 3.03. The molecule has 0 saturated carbocycles. The van der Waals surface area contributed by atoms with Crippen LogP contribution in [-0.2, 0) is 0 Å². The first-order valence-corrected chi connectivity index (χ1v) is 5.89. The Morgan fingerprint density at radius 2 is 2.16 bits per heavy atom. The minimum Gasteiger partial charge on any atom is -0.469 e. The van der Waals surface area contributed by atoms with Crippen LogP contribution in [0.1, 0.15) is 23.1 Å². The average molecular weight is 260 g/mol. The first kappa shape index (κ1) is 12.0. The summed E-state index contributed by atoms with van der Waals surface area (Å²) in [7, 11) is 0. The highest BCUT2D eigenvalue weighted by Gasteiger charge is 2.21. The molecular weight excluding hydrogens is 247 g/mol. The summed E-state index contributed by atoms with van der Waals surface area (Å²) in [5.41, 5.74) is 3.76. The number of rotatable bonds is 3. The summed E-state index contributed by atoms with van der Waals surface area (Å²) in [5.74, 6) is 6.48. The third-order valence-corrected chi connectivity index (χ3v) is 3.18. The molecule has 0 aliphatic heterocycles. The van der Waals surface area contributed by atoms with E-state index in [9.17, 15) is 4.39 Å². The van der Waals surface area contributed by atoms with E-state index in [1.807, 2.05) is 13.0 Å². The molecule has 0 radical (unpaired) electrons. The number of furan rings is 2. The topological polar surface area (TPSA) is 64.3 Å². The smallest absolute Gasteiger partial charge is 0.169 e. The highest BCUT2D eigenvalue weighted by molar-refractivity contribution is 5.78. The molecule has 0 aliphatic carbocycles. The lowest BCUT2D eigenvalue weighted by molar-refractivity contribution is 0.456. The molecule has 1 atom stereocenters. The molecule has 3 aromatic rings. The minimum atomic E-state index is -0.386. The lowest BCUT2D eigenvalue weighted by atomic mass is 10.1. The normalized spacial score (nSPS) is 13.0. The van der Waals surface area contributed by atoms with Crippen LogP contribution >= 0.6 is 0 Å². The number of fused-ring (bicyclic) bond motifs is 1. The van der Waals surface area contributed by atoms with Crippen molar-refractivity contribution in [3.8, 4) is 0 Å². The predicted molar refractivity (Wildman–Crippen MR) is 68.8 cm³/mol. The van der Waals surface area contributed by atoms with Crippen molar-refractivity contribution in [2.75, 3.05) is 0 Å². The number of aryl methyl sites for hydroxylation is 1. The van der Waals surface area contributed by atoms with Gasteiger partial charge in [0.2, 0.25) is 0 Å². The largest absolute Gasteiger partial charge is 0.469 e. The zero-order chi connectivity index (χ0) is 13.4. The summed E-state index contributed by atoms with van der Waals surface area (Å²) in [5, 5.41) is 0.705. The molecule has 0 bridgehead atoms. The van der Waals surface area contributed by atoms with E-state index in [4.69, 9.17) is 14.7 Å². The quantitative estimate of drug-likeness (QED) is 0.561. The van der Waals surface area contributed by atoms with Gasteiger partial charge >= 0.3 is 0 Å². The fourth-order valence-corrected chi connectivity index (χ4v) is 2.21. The zero-order valence-electron chi connectivity index (χ0n) is 10.3. The lowest BCUT2D eigenvalue weighted by Crippen LogP contribution is -2.28. The van der Waals surface area contributed by atoms with Crippen LogP contribution in [0, 0.1) is 12.7 Å². The minimum absolute atomic E-state index is 0.235. The molecule has 0 amide bonds. The Morgan fingerprint density at radius 1 is 1.32 bits per heavy atom. The van der Waals surface area contributed by atoms with Gasteiger partial charge in [-0.25, -0.2) is 9.82 Å². The highest BCUT2D eigenvalue weighted by Crippen LogP contribution is 2.30. The van der Waals surface area contributed by atoms with E-state index >= 15 is 0 Å². The van der Waals surface area contributed by atoms with Crippen molar-refractivity contribution in [2.45, 2.75) is 13.0 Å². The van der Waals surface area contributed by atoms with Crippen LogP contribution in [-0.4, -0.2) is 0 Å². The summed E-state index contributed by atoms with van der Waals surface area (Å²) >= 11 is 0. The van der Waals surface area contributed by atoms with Gasteiger partial charge in [0.15, 0.2) is 11.4 Å². The highest BCUT2D eigenvalue weighted by atomic mass is 19.1. The fraction of sp³-hybridized carbons (Fsp3) is 0.143. The van der Waals surface area contributed by atoms with E-state index in [-0.39, 0.29) is 17.4 Å². The molecule has 3 N–H and O–H groups in total. The third kappa shape index (κ3) is 1.93. The Bertz CT molecular complexity index is 717. The van der Waals surface area contributed by atoms with Gasteiger partial charge in [-0.3, -0.25) is 5.84 Å². The maximum Gasteiger partial charge on any atom is 0.169 e. The van der Waals surface area contributed by atoms with Crippen molar-refractivity contribution >= 4 is 11.0 Å². The molecule has 5 heteroatoms. The Morgan fingerprint density at radius 3 is 2.79 bits per heavy atom. The van der Waals surface area contributed by atoms with Crippen molar-refractivity contribution in [3.05, 3.63) is 59.5 Å². The molecular formula is C14H13FN2O2. The molecule has 0 saturated heterocycles. The van der Waals surface area contributed by atoms with Crippen LogP contribution in [0.2, 0.25) is 0 Å². The number of benzene rings is 1. The van der Waals surface area contributed by atoms with Crippen molar-refractivity contribution in [2.24, 2.45) is 5.84 Å². The van der Waals surface area contributed by atoms with Gasteiger partial charge in [-0.2, -0.15) is 0 Å². The second-order valence-corrected chi connectivity index (χ2v) is 4.34. The Labute approximate surface area is 109 Å². The van der Waals surface area contributed by atoms with E-state index in [1.165, 1.54) is 6.07 Å². The second-order valence-electron chi connectivity index (χ2n) is 4.34. The molecule has 0 fully saturated rings. The van der Waals surface area contributed by atoms with Gasteiger partial charge < -0.3 is 8.83 Å². The van der Waals surface area contributed by atoms with Gasteiger partial charge in [0.25, 0.3) is 0 Å².